The fraction of sp³-hybridized carbons (Fsp3) is 0.250. The number of hydrogen-bond donors (Lipinski definition) is 7. The molecular weight excluding hydrogens is 522 g/mol. The molecule has 3 aromatic rings. The zero-order valence-corrected chi connectivity index (χ0v) is 21.2. The molecule has 40 heavy (non-hydrogen) atoms. The molecule has 0 aliphatic carbocycles. The van der Waals surface area contributed by atoms with Crippen LogP contribution in [-0.4, -0.2) is 62.5 Å². The van der Waals surface area contributed by atoms with Crippen molar-refractivity contribution in [1.29, 1.82) is 0 Å². The Kier molecular flexibility index (Phi) is 8.53. The summed E-state index contributed by atoms with van der Waals surface area (Å²) in [6.45, 7) is 0. The second kappa shape index (κ2) is 12.0. The van der Waals surface area contributed by atoms with Gasteiger partial charge in [-0.3, -0.25) is 14.4 Å². The number of benzene rings is 3. The summed E-state index contributed by atoms with van der Waals surface area (Å²) < 4.78 is 11.0. The van der Waals surface area contributed by atoms with Crippen molar-refractivity contribution in [2.24, 2.45) is 5.73 Å². The number of nitrogens with one attached hydrogen (secondary N) is 2. The number of ether oxygens (including phenoxy) is 2. The average Bonchev–Trinajstić information content (AvgIpc) is 3.21. The van der Waals surface area contributed by atoms with E-state index in [2.05, 4.69) is 10.6 Å². The summed E-state index contributed by atoms with van der Waals surface area (Å²) in [5, 5.41) is 43.9. The number of phenols is 3. The van der Waals surface area contributed by atoms with Crippen LogP contribution in [0.15, 0.2) is 72.8 Å². The van der Waals surface area contributed by atoms with E-state index in [-0.39, 0.29) is 36.5 Å². The predicted octanol–water partition coefficient (Wildman–Crippen LogP) is 0.871. The highest BCUT2D eigenvalue weighted by atomic mass is 16.8. The molecule has 3 unspecified atom stereocenters. The molecule has 0 spiro atoms. The third kappa shape index (κ3) is 7.26. The molecule has 4 rings (SSSR count). The Morgan fingerprint density at radius 2 is 1.35 bits per heavy atom. The number of esters is 2. The Labute approximate surface area is 229 Å². The Balaban J connectivity index is 1.56. The molecule has 0 aromatic heterocycles. The molecule has 12 nitrogen and oxygen atoms in total. The van der Waals surface area contributed by atoms with Crippen LogP contribution < -0.4 is 16.4 Å². The number of phenolic OH excluding ortho intramolecular Hbond substituents is 3. The monoisotopic (exact) mass is 551 g/mol. The minimum atomic E-state index is -2.36. The molecule has 4 atom stereocenters. The van der Waals surface area contributed by atoms with E-state index in [1.807, 2.05) is 0 Å². The molecule has 0 saturated carbocycles. The molecule has 1 aliphatic heterocycles. The topological polar surface area (TPSA) is 201 Å². The molecule has 12 heteroatoms. The molecule has 1 saturated heterocycles. The average molecular weight is 552 g/mol. The normalized spacial score (nSPS) is 19.9. The van der Waals surface area contributed by atoms with E-state index >= 15 is 0 Å². The number of aromatic hydroxyl groups is 3. The molecule has 1 heterocycles. The third-order valence-electron chi connectivity index (χ3n) is 6.25. The van der Waals surface area contributed by atoms with Crippen LogP contribution in [0.2, 0.25) is 0 Å². The number of aliphatic carboxylic acids is 1. The van der Waals surface area contributed by atoms with Gasteiger partial charge in [0.05, 0.1) is 0 Å². The molecule has 210 valence electrons. The van der Waals surface area contributed by atoms with Crippen molar-refractivity contribution in [3.8, 4) is 17.2 Å². The summed E-state index contributed by atoms with van der Waals surface area (Å²) in [4.78, 5) is 38.1. The predicted molar refractivity (Wildman–Crippen MR) is 140 cm³/mol. The number of carboxylic acid groups (broad SMARTS) is 1. The largest absolute Gasteiger partial charge is 0.508 e. The number of nitrogens with two attached hydrogens (primary N) is 1. The first-order valence-electron chi connectivity index (χ1n) is 12.3. The van der Waals surface area contributed by atoms with Gasteiger partial charge in [-0.1, -0.05) is 36.4 Å². The second-order valence-corrected chi connectivity index (χ2v) is 9.41. The molecule has 0 bridgehead atoms. The summed E-state index contributed by atoms with van der Waals surface area (Å²) in [7, 11) is 0. The van der Waals surface area contributed by atoms with E-state index in [0.717, 1.165) is 0 Å². The Morgan fingerprint density at radius 1 is 0.875 bits per heavy atom. The van der Waals surface area contributed by atoms with Crippen LogP contribution in [0.4, 0.5) is 0 Å². The van der Waals surface area contributed by atoms with Gasteiger partial charge in [-0.25, -0.2) is 10.6 Å². The van der Waals surface area contributed by atoms with E-state index in [0.29, 0.717) is 16.7 Å². The van der Waals surface area contributed by atoms with E-state index < -0.39 is 42.1 Å². The lowest BCUT2D eigenvalue weighted by molar-refractivity contribution is -0.239. The Hall–Kier alpha value is -4.65. The first kappa shape index (κ1) is 28.4. The van der Waals surface area contributed by atoms with E-state index in [1.54, 1.807) is 24.3 Å². The van der Waals surface area contributed by atoms with Gasteiger partial charge in [-0.2, -0.15) is 0 Å². The number of carboxylic acids is 1. The van der Waals surface area contributed by atoms with E-state index in [1.165, 1.54) is 48.5 Å². The minimum absolute atomic E-state index is 0.0000581. The van der Waals surface area contributed by atoms with Gasteiger partial charge in [-0.05, 0) is 72.4 Å². The lowest BCUT2D eigenvalue weighted by Crippen LogP contribution is -2.64. The molecule has 0 radical (unpaired) electrons. The summed E-state index contributed by atoms with van der Waals surface area (Å²) in [5.74, 6) is -3.04. The van der Waals surface area contributed by atoms with Crippen LogP contribution in [-0.2, 0) is 43.1 Å². The highest BCUT2D eigenvalue weighted by molar-refractivity contribution is 5.81. The van der Waals surface area contributed by atoms with Crippen LogP contribution in [0.3, 0.4) is 0 Å². The molecular formula is C28H29N3O9. The summed E-state index contributed by atoms with van der Waals surface area (Å²) in [6, 6.07) is 11.9. The third-order valence-corrected chi connectivity index (χ3v) is 6.25. The number of carbonyl (C=O) groups excluding carboxylic acids is 2. The molecule has 1 fully saturated rings. The van der Waals surface area contributed by atoms with Gasteiger partial charge in [0, 0.05) is 0 Å². The van der Waals surface area contributed by atoms with Gasteiger partial charge in [0.15, 0.2) is 0 Å². The quantitative estimate of drug-likeness (QED) is 0.131. The fourth-order valence-corrected chi connectivity index (χ4v) is 4.17. The maximum absolute atomic E-state index is 13.1. The van der Waals surface area contributed by atoms with Crippen molar-refractivity contribution in [2.75, 3.05) is 0 Å². The van der Waals surface area contributed by atoms with Crippen molar-refractivity contribution in [2.45, 2.75) is 43.4 Å². The second-order valence-electron chi connectivity index (χ2n) is 9.41. The lowest BCUT2D eigenvalue weighted by Gasteiger charge is -2.31. The zero-order valence-electron chi connectivity index (χ0n) is 21.2. The molecule has 1 aliphatic rings. The van der Waals surface area contributed by atoms with Crippen LogP contribution >= 0.6 is 0 Å². The van der Waals surface area contributed by atoms with E-state index in [4.69, 9.17) is 15.2 Å². The lowest BCUT2D eigenvalue weighted by atomic mass is 10.1. The Bertz CT molecular complexity index is 1350. The van der Waals surface area contributed by atoms with Gasteiger partial charge in [0.25, 0.3) is 0 Å². The molecule has 3 aromatic carbocycles. The van der Waals surface area contributed by atoms with Crippen LogP contribution in [0.5, 0.6) is 17.2 Å². The number of cyclic esters (lactones) is 1. The Morgan fingerprint density at radius 3 is 1.85 bits per heavy atom. The fourth-order valence-electron chi connectivity index (χ4n) is 4.17. The smallest absolute Gasteiger partial charge is 0.387 e. The number of hydrogen-bond acceptors (Lipinski definition) is 11. The SMILES string of the molecule is NC(Cc1ccc(O)cc1)C(=O)O[C@@]1(NC(Cc2ccc(O)cc2)C(=O)O)NC(Cc2ccc(O)cc2)C(=O)O1. The highest BCUT2D eigenvalue weighted by Crippen LogP contribution is 2.23. The maximum atomic E-state index is 13.1. The zero-order chi connectivity index (χ0) is 28.9. The highest BCUT2D eigenvalue weighted by Gasteiger charge is 2.52. The van der Waals surface area contributed by atoms with Crippen molar-refractivity contribution >= 4 is 17.9 Å². The van der Waals surface area contributed by atoms with Gasteiger partial charge in [-0.15, -0.1) is 0 Å². The minimum Gasteiger partial charge on any atom is -0.508 e. The van der Waals surface area contributed by atoms with Crippen LogP contribution in [0, 0.1) is 0 Å². The van der Waals surface area contributed by atoms with Crippen molar-refractivity contribution < 1.29 is 44.3 Å². The van der Waals surface area contributed by atoms with Crippen molar-refractivity contribution in [1.82, 2.24) is 10.6 Å². The first-order valence-corrected chi connectivity index (χ1v) is 12.3. The van der Waals surface area contributed by atoms with Gasteiger partial charge < -0.3 is 35.6 Å². The van der Waals surface area contributed by atoms with Gasteiger partial charge in [0.1, 0.15) is 35.4 Å². The maximum Gasteiger partial charge on any atom is 0.387 e. The van der Waals surface area contributed by atoms with Crippen molar-refractivity contribution in [3.05, 3.63) is 89.5 Å². The molecule has 8 N–H and O–H groups in total. The first-order chi connectivity index (χ1) is 19.0. The van der Waals surface area contributed by atoms with Crippen LogP contribution in [0.25, 0.3) is 0 Å². The summed E-state index contributed by atoms with van der Waals surface area (Å²) >= 11 is 0. The van der Waals surface area contributed by atoms with Gasteiger partial charge in [0.2, 0.25) is 0 Å². The van der Waals surface area contributed by atoms with Crippen molar-refractivity contribution in [3.63, 3.8) is 0 Å². The standard InChI is InChI=1S/C28H29N3O9/c29-22(13-16-1-7-19(32)8-2-16)26(37)39-28(30-23(25(35)36)14-17-3-9-20(33)10-4-17)31-24(27(38)40-28)15-18-5-11-21(34)12-6-18/h1-12,22-24,30-34H,13-15,29H2,(H,35,36)/t22?,23?,24?,28-/m1/s1. The van der Waals surface area contributed by atoms with E-state index in [9.17, 15) is 34.8 Å². The number of rotatable bonds is 11. The van der Waals surface area contributed by atoms with Crippen LogP contribution in [0.1, 0.15) is 16.7 Å². The summed E-state index contributed by atoms with van der Waals surface area (Å²) in [6.07, 6.45) is -0.0123. The number of carbonyl (C=O) groups is 3. The molecule has 0 amide bonds. The summed E-state index contributed by atoms with van der Waals surface area (Å²) in [5.41, 5.74) is 7.87. The van der Waals surface area contributed by atoms with Gasteiger partial charge >= 0.3 is 23.9 Å².